The van der Waals surface area contributed by atoms with Crippen molar-refractivity contribution in [3.05, 3.63) is 0 Å². The largest absolute Gasteiger partial charge is 0.409 e. The van der Waals surface area contributed by atoms with E-state index in [0.29, 0.717) is 6.54 Å². The number of nitrogens with one attached hydrogen (secondary N) is 2. The highest BCUT2D eigenvalue weighted by Crippen LogP contribution is 2.39. The van der Waals surface area contributed by atoms with Gasteiger partial charge in [-0.1, -0.05) is 6.92 Å². The summed E-state index contributed by atoms with van der Waals surface area (Å²) in [6.45, 7) is 1.68. The first-order valence-electron chi connectivity index (χ1n) is 5.05. The van der Waals surface area contributed by atoms with Crippen molar-refractivity contribution in [3.63, 3.8) is 0 Å². The Morgan fingerprint density at radius 2 is 1.50 bits per heavy atom. The summed E-state index contributed by atoms with van der Waals surface area (Å²) in [6.07, 6.45) is -11.3. The third kappa shape index (κ3) is 5.56. The van der Waals surface area contributed by atoms with Crippen molar-refractivity contribution in [2.45, 2.75) is 19.3 Å². The molecule has 0 aliphatic heterocycles. The van der Waals surface area contributed by atoms with E-state index in [4.69, 9.17) is 0 Å². The lowest BCUT2D eigenvalue weighted by Crippen LogP contribution is -2.49. The molecule has 0 aromatic rings. The fourth-order valence-electron chi connectivity index (χ4n) is 1.28. The first kappa shape index (κ1) is 17.0. The van der Waals surface area contributed by atoms with Gasteiger partial charge in [0.05, 0.1) is 0 Å². The van der Waals surface area contributed by atoms with Crippen molar-refractivity contribution in [1.82, 2.24) is 10.6 Å². The molecule has 0 heterocycles. The summed E-state index contributed by atoms with van der Waals surface area (Å²) >= 11 is 0. The average molecular weight is 280 g/mol. The van der Waals surface area contributed by atoms with E-state index >= 15 is 0 Å². The van der Waals surface area contributed by atoms with Crippen LogP contribution in [0.15, 0.2) is 0 Å². The van der Waals surface area contributed by atoms with Crippen LogP contribution in [0.2, 0.25) is 0 Å². The first-order valence-corrected chi connectivity index (χ1v) is 5.05. The van der Waals surface area contributed by atoms with Crippen molar-refractivity contribution < 1.29 is 31.1 Å². The van der Waals surface area contributed by atoms with Crippen LogP contribution in [-0.4, -0.2) is 38.4 Å². The van der Waals surface area contributed by atoms with Gasteiger partial charge in [-0.2, -0.15) is 26.3 Å². The molecule has 3 nitrogen and oxygen atoms in total. The quantitative estimate of drug-likeness (QED) is 0.753. The van der Waals surface area contributed by atoms with Crippen LogP contribution in [0.5, 0.6) is 0 Å². The van der Waals surface area contributed by atoms with E-state index in [0.717, 1.165) is 0 Å². The molecule has 1 atom stereocenters. The van der Waals surface area contributed by atoms with E-state index in [1.807, 2.05) is 0 Å². The van der Waals surface area contributed by atoms with Gasteiger partial charge in [0.2, 0.25) is 11.8 Å². The number of halogens is 6. The molecule has 9 heteroatoms. The molecule has 108 valence electrons. The van der Waals surface area contributed by atoms with E-state index in [-0.39, 0.29) is 12.5 Å². The number of rotatable bonds is 5. The highest BCUT2D eigenvalue weighted by molar-refractivity contribution is 5.80. The van der Waals surface area contributed by atoms with E-state index < -0.39 is 24.2 Å². The van der Waals surface area contributed by atoms with E-state index in [1.54, 1.807) is 19.3 Å². The van der Waals surface area contributed by atoms with Gasteiger partial charge in [-0.3, -0.25) is 4.79 Å². The Balaban J connectivity index is 4.61. The van der Waals surface area contributed by atoms with Gasteiger partial charge in [-0.15, -0.1) is 0 Å². The molecule has 0 bridgehead atoms. The SMILES string of the molecule is CNCC(C)CNC(=O)C(C(F)(F)F)C(F)(F)F. The fraction of sp³-hybridized carbons (Fsp3) is 0.889. The summed E-state index contributed by atoms with van der Waals surface area (Å²) < 4.78 is 72.9. The molecule has 0 aliphatic rings. The molecule has 0 saturated carbocycles. The molecule has 0 radical (unpaired) electrons. The molecular weight excluding hydrogens is 266 g/mol. The number of hydrogen-bond donors (Lipinski definition) is 2. The minimum atomic E-state index is -5.64. The predicted molar refractivity (Wildman–Crippen MR) is 51.7 cm³/mol. The molecule has 0 aromatic heterocycles. The van der Waals surface area contributed by atoms with Crippen molar-refractivity contribution in [3.8, 4) is 0 Å². The van der Waals surface area contributed by atoms with Crippen LogP contribution in [-0.2, 0) is 4.79 Å². The fourth-order valence-corrected chi connectivity index (χ4v) is 1.28. The Kier molecular flexibility index (Phi) is 5.91. The topological polar surface area (TPSA) is 41.1 Å². The number of amides is 1. The molecule has 0 aliphatic carbocycles. The molecule has 0 rings (SSSR count). The molecule has 0 saturated heterocycles. The molecule has 2 N–H and O–H groups in total. The van der Waals surface area contributed by atoms with Crippen LogP contribution < -0.4 is 10.6 Å². The van der Waals surface area contributed by atoms with E-state index in [9.17, 15) is 31.1 Å². The lowest BCUT2D eigenvalue weighted by Gasteiger charge is -2.22. The van der Waals surface area contributed by atoms with Gasteiger partial charge in [0.1, 0.15) is 0 Å². The molecule has 0 spiro atoms. The number of hydrogen-bond acceptors (Lipinski definition) is 2. The maximum Gasteiger partial charge on any atom is 0.409 e. The van der Waals surface area contributed by atoms with Gasteiger partial charge in [0.25, 0.3) is 0 Å². The van der Waals surface area contributed by atoms with Gasteiger partial charge in [-0.25, -0.2) is 0 Å². The van der Waals surface area contributed by atoms with Crippen molar-refractivity contribution >= 4 is 5.91 Å². The minimum absolute atomic E-state index is 0.262. The summed E-state index contributed by atoms with van der Waals surface area (Å²) in [4.78, 5) is 11.0. The van der Waals surface area contributed by atoms with Crippen LogP contribution in [0.25, 0.3) is 0 Å². The second-order valence-electron chi connectivity index (χ2n) is 3.92. The van der Waals surface area contributed by atoms with Crippen LogP contribution in [0.3, 0.4) is 0 Å². The predicted octanol–water partition coefficient (Wildman–Crippen LogP) is 1.70. The molecule has 1 unspecified atom stereocenters. The van der Waals surface area contributed by atoms with Crippen molar-refractivity contribution in [2.75, 3.05) is 20.1 Å². The van der Waals surface area contributed by atoms with Gasteiger partial charge in [-0.05, 0) is 19.5 Å². The number of carbonyl (C=O) groups excluding carboxylic acids is 1. The maximum atomic E-state index is 12.1. The molecular formula is C9H14F6N2O. The molecule has 18 heavy (non-hydrogen) atoms. The smallest absolute Gasteiger partial charge is 0.355 e. The summed E-state index contributed by atoms with van der Waals surface area (Å²) in [7, 11) is 1.58. The minimum Gasteiger partial charge on any atom is -0.355 e. The number of carbonyl (C=O) groups is 1. The molecule has 0 aromatic carbocycles. The average Bonchev–Trinajstić information content (AvgIpc) is 2.10. The molecule has 1 amide bonds. The van der Waals surface area contributed by atoms with Crippen molar-refractivity contribution in [2.24, 2.45) is 11.8 Å². The molecule has 0 fully saturated rings. The maximum absolute atomic E-state index is 12.1. The summed E-state index contributed by atoms with van der Waals surface area (Å²) in [5.74, 6) is -6.33. The third-order valence-corrected chi connectivity index (χ3v) is 2.09. The van der Waals surface area contributed by atoms with Crippen LogP contribution in [0, 0.1) is 11.8 Å². The first-order chi connectivity index (χ1) is 8.00. The number of alkyl halides is 6. The van der Waals surface area contributed by atoms with E-state index in [1.165, 1.54) is 0 Å². The third-order valence-electron chi connectivity index (χ3n) is 2.09. The Morgan fingerprint density at radius 3 is 1.83 bits per heavy atom. The van der Waals surface area contributed by atoms with Crippen LogP contribution in [0.4, 0.5) is 26.3 Å². The van der Waals surface area contributed by atoms with Gasteiger partial charge in [0, 0.05) is 6.54 Å². The summed E-state index contributed by atoms with van der Waals surface area (Å²) in [6, 6.07) is 0. The zero-order valence-corrected chi connectivity index (χ0v) is 9.74. The second kappa shape index (κ2) is 6.26. The standard InChI is InChI=1S/C9H14F6N2O/c1-5(3-16-2)4-17-7(18)6(8(10,11)12)9(13,14)15/h5-6,16H,3-4H2,1-2H3,(H,17,18). The van der Waals surface area contributed by atoms with Crippen LogP contribution >= 0.6 is 0 Å². The van der Waals surface area contributed by atoms with Crippen molar-refractivity contribution in [1.29, 1.82) is 0 Å². The Morgan fingerprint density at radius 1 is 1.06 bits per heavy atom. The Hall–Kier alpha value is -0.990. The lowest BCUT2D eigenvalue weighted by molar-refractivity contribution is -0.274. The zero-order valence-electron chi connectivity index (χ0n) is 9.74. The normalized spacial score (nSPS) is 14.7. The van der Waals surface area contributed by atoms with Crippen LogP contribution in [0.1, 0.15) is 6.92 Å². The van der Waals surface area contributed by atoms with Gasteiger partial charge < -0.3 is 10.6 Å². The summed E-state index contributed by atoms with van der Waals surface area (Å²) in [5, 5.41) is 4.35. The Labute approximate surface area is 99.9 Å². The highest BCUT2D eigenvalue weighted by atomic mass is 19.4. The van der Waals surface area contributed by atoms with Gasteiger partial charge in [0.15, 0.2) is 0 Å². The second-order valence-corrected chi connectivity index (χ2v) is 3.92. The zero-order chi connectivity index (χ0) is 14.6. The summed E-state index contributed by atoms with van der Waals surface area (Å²) in [5.41, 5.74) is 0. The van der Waals surface area contributed by atoms with E-state index in [2.05, 4.69) is 5.32 Å². The van der Waals surface area contributed by atoms with Gasteiger partial charge >= 0.3 is 12.4 Å². The lowest BCUT2D eigenvalue weighted by atomic mass is 10.1. The monoisotopic (exact) mass is 280 g/mol. The Bertz CT molecular complexity index is 261. The highest BCUT2D eigenvalue weighted by Gasteiger charge is 2.60.